The average Bonchev–Trinajstić information content (AvgIpc) is 3.04. The summed E-state index contributed by atoms with van der Waals surface area (Å²) in [6.45, 7) is 2.87. The molecule has 1 fully saturated rings. The lowest BCUT2D eigenvalue weighted by atomic mass is 9.89. The second kappa shape index (κ2) is 6.57. The maximum Gasteiger partial charge on any atom is 0.252 e. The zero-order valence-electron chi connectivity index (χ0n) is 13.8. The van der Waals surface area contributed by atoms with E-state index in [0.717, 1.165) is 44.0 Å². The third-order valence-corrected chi connectivity index (χ3v) is 4.69. The van der Waals surface area contributed by atoms with Crippen LogP contribution in [0.5, 0.6) is 5.75 Å². The van der Waals surface area contributed by atoms with Crippen molar-refractivity contribution in [3.63, 3.8) is 0 Å². The monoisotopic (exact) mass is 323 g/mol. The summed E-state index contributed by atoms with van der Waals surface area (Å²) in [5.41, 5.74) is 1.33. The molecule has 1 aromatic carbocycles. The van der Waals surface area contributed by atoms with Gasteiger partial charge in [0.25, 0.3) is 5.78 Å². The lowest BCUT2D eigenvalue weighted by Gasteiger charge is -2.31. The highest BCUT2D eigenvalue weighted by Crippen LogP contribution is 2.34. The van der Waals surface area contributed by atoms with Gasteiger partial charge in [0.2, 0.25) is 0 Å². The predicted octanol–water partition coefficient (Wildman–Crippen LogP) is 2.51. The van der Waals surface area contributed by atoms with E-state index in [9.17, 15) is 0 Å². The van der Waals surface area contributed by atoms with E-state index in [4.69, 9.17) is 4.74 Å². The Balaban J connectivity index is 1.41. The fourth-order valence-electron chi connectivity index (χ4n) is 3.45. The number of aromatic nitrogens is 4. The summed E-state index contributed by atoms with van der Waals surface area (Å²) >= 11 is 0. The van der Waals surface area contributed by atoms with Gasteiger partial charge in [-0.1, -0.05) is 18.2 Å². The van der Waals surface area contributed by atoms with E-state index in [-0.39, 0.29) is 0 Å². The Hall–Kier alpha value is -2.47. The van der Waals surface area contributed by atoms with Gasteiger partial charge in [0.15, 0.2) is 5.82 Å². The molecule has 0 unspecified atom stereocenters. The molecular formula is C18H21N5O. The van der Waals surface area contributed by atoms with Crippen LogP contribution in [0.2, 0.25) is 0 Å². The highest BCUT2D eigenvalue weighted by Gasteiger charge is 2.23. The van der Waals surface area contributed by atoms with Crippen molar-refractivity contribution in [3.8, 4) is 5.75 Å². The molecule has 0 spiro atoms. The van der Waals surface area contributed by atoms with E-state index in [1.807, 2.05) is 18.3 Å². The van der Waals surface area contributed by atoms with Gasteiger partial charge in [-0.15, -0.1) is 5.10 Å². The zero-order valence-corrected chi connectivity index (χ0v) is 13.8. The molecule has 0 amide bonds. The Kier molecular flexibility index (Phi) is 4.13. The molecule has 3 aromatic rings. The van der Waals surface area contributed by atoms with E-state index >= 15 is 0 Å². The second-order valence-corrected chi connectivity index (χ2v) is 6.18. The molecular weight excluding hydrogens is 302 g/mol. The molecule has 0 atom stereocenters. The first-order chi connectivity index (χ1) is 11.8. The summed E-state index contributed by atoms with van der Waals surface area (Å²) in [6.07, 6.45) is 5.89. The number of nitrogens with zero attached hydrogens (tertiary/aromatic N) is 5. The average molecular weight is 323 g/mol. The maximum absolute atomic E-state index is 5.51. The van der Waals surface area contributed by atoms with Gasteiger partial charge in [-0.2, -0.15) is 4.98 Å². The van der Waals surface area contributed by atoms with Gasteiger partial charge in [0, 0.05) is 12.4 Å². The predicted molar refractivity (Wildman–Crippen MR) is 91.0 cm³/mol. The standard InChI is InChI=1S/C18H21N5O/c1-24-16-6-3-2-5-15(16)14-7-11-22(12-8-14)13-17-20-18-19-9-4-10-23(18)21-17/h2-6,9-10,14H,7-8,11-13H2,1H3. The number of fused-ring (bicyclic) bond motifs is 1. The van der Waals surface area contributed by atoms with Crippen molar-refractivity contribution in [2.45, 2.75) is 25.3 Å². The number of rotatable bonds is 4. The van der Waals surface area contributed by atoms with Gasteiger partial charge < -0.3 is 4.74 Å². The lowest BCUT2D eigenvalue weighted by molar-refractivity contribution is 0.199. The molecule has 0 bridgehead atoms. The molecule has 0 saturated carbocycles. The summed E-state index contributed by atoms with van der Waals surface area (Å²) in [5, 5.41) is 4.49. The van der Waals surface area contributed by atoms with Gasteiger partial charge in [-0.05, 0) is 49.5 Å². The summed E-state index contributed by atoms with van der Waals surface area (Å²) in [5.74, 6) is 3.07. The summed E-state index contributed by atoms with van der Waals surface area (Å²) < 4.78 is 7.24. The highest BCUT2D eigenvalue weighted by molar-refractivity contribution is 5.36. The Morgan fingerprint density at radius 2 is 2.00 bits per heavy atom. The second-order valence-electron chi connectivity index (χ2n) is 6.18. The molecule has 1 saturated heterocycles. The molecule has 0 aliphatic carbocycles. The molecule has 124 valence electrons. The molecule has 2 aromatic heterocycles. The van der Waals surface area contributed by atoms with Crippen molar-refractivity contribution in [1.29, 1.82) is 0 Å². The number of ether oxygens (including phenoxy) is 1. The van der Waals surface area contributed by atoms with E-state index < -0.39 is 0 Å². The highest BCUT2D eigenvalue weighted by atomic mass is 16.5. The minimum absolute atomic E-state index is 0.563. The molecule has 6 heteroatoms. The number of likely N-dealkylation sites (tertiary alicyclic amines) is 1. The first-order valence-corrected chi connectivity index (χ1v) is 8.35. The van der Waals surface area contributed by atoms with Crippen LogP contribution in [-0.2, 0) is 6.54 Å². The lowest BCUT2D eigenvalue weighted by Crippen LogP contribution is -2.33. The molecule has 6 nitrogen and oxygen atoms in total. The number of hydrogen-bond acceptors (Lipinski definition) is 5. The van der Waals surface area contributed by atoms with Crippen LogP contribution in [0.3, 0.4) is 0 Å². The molecule has 3 heterocycles. The quantitative estimate of drug-likeness (QED) is 0.738. The van der Waals surface area contributed by atoms with Crippen LogP contribution in [0.25, 0.3) is 5.78 Å². The molecule has 1 aliphatic rings. The van der Waals surface area contributed by atoms with Crippen molar-refractivity contribution in [3.05, 3.63) is 54.1 Å². The summed E-state index contributed by atoms with van der Waals surface area (Å²) in [6, 6.07) is 10.2. The summed E-state index contributed by atoms with van der Waals surface area (Å²) in [4.78, 5) is 11.1. The van der Waals surface area contributed by atoms with E-state index in [2.05, 4.69) is 38.2 Å². The van der Waals surface area contributed by atoms with Gasteiger partial charge >= 0.3 is 0 Å². The van der Waals surface area contributed by atoms with E-state index in [1.54, 1.807) is 17.8 Å². The fourth-order valence-corrected chi connectivity index (χ4v) is 3.45. The van der Waals surface area contributed by atoms with Crippen LogP contribution in [-0.4, -0.2) is 44.7 Å². The number of benzene rings is 1. The van der Waals surface area contributed by atoms with E-state index in [0.29, 0.717) is 11.7 Å². The van der Waals surface area contributed by atoms with Crippen LogP contribution in [0, 0.1) is 0 Å². The first kappa shape index (κ1) is 15.1. The number of methoxy groups -OCH3 is 1. The minimum atomic E-state index is 0.563. The summed E-state index contributed by atoms with van der Waals surface area (Å²) in [7, 11) is 1.75. The minimum Gasteiger partial charge on any atom is -0.496 e. The van der Waals surface area contributed by atoms with Gasteiger partial charge in [0.1, 0.15) is 5.75 Å². The largest absolute Gasteiger partial charge is 0.496 e. The SMILES string of the molecule is COc1ccccc1C1CCN(Cc2nc3ncccn3n2)CC1. The van der Waals surface area contributed by atoms with Crippen molar-refractivity contribution in [1.82, 2.24) is 24.5 Å². The van der Waals surface area contributed by atoms with Crippen LogP contribution in [0.4, 0.5) is 0 Å². The zero-order chi connectivity index (χ0) is 16.4. The Labute approximate surface area is 141 Å². The Morgan fingerprint density at radius 1 is 1.17 bits per heavy atom. The Morgan fingerprint density at radius 3 is 2.79 bits per heavy atom. The molecule has 4 rings (SSSR count). The van der Waals surface area contributed by atoms with Crippen LogP contribution in [0.1, 0.15) is 30.1 Å². The number of piperidine rings is 1. The number of hydrogen-bond donors (Lipinski definition) is 0. The van der Waals surface area contributed by atoms with E-state index in [1.165, 1.54) is 5.56 Å². The fraction of sp³-hybridized carbons (Fsp3) is 0.389. The van der Waals surface area contributed by atoms with Crippen LogP contribution >= 0.6 is 0 Å². The Bertz CT molecular complexity index is 790. The topological polar surface area (TPSA) is 55.5 Å². The van der Waals surface area contributed by atoms with Crippen molar-refractivity contribution >= 4 is 5.78 Å². The van der Waals surface area contributed by atoms with Crippen LogP contribution in [0.15, 0.2) is 42.7 Å². The van der Waals surface area contributed by atoms with Crippen LogP contribution < -0.4 is 4.74 Å². The molecule has 0 N–H and O–H groups in total. The third-order valence-electron chi connectivity index (χ3n) is 4.69. The van der Waals surface area contributed by atoms with Crippen molar-refractivity contribution in [2.75, 3.05) is 20.2 Å². The first-order valence-electron chi connectivity index (χ1n) is 8.35. The van der Waals surface area contributed by atoms with Gasteiger partial charge in [0.05, 0.1) is 13.7 Å². The van der Waals surface area contributed by atoms with Gasteiger partial charge in [-0.3, -0.25) is 4.90 Å². The molecule has 1 aliphatic heterocycles. The molecule has 24 heavy (non-hydrogen) atoms. The van der Waals surface area contributed by atoms with Crippen molar-refractivity contribution < 1.29 is 4.74 Å². The third kappa shape index (κ3) is 2.97. The van der Waals surface area contributed by atoms with Gasteiger partial charge in [-0.25, -0.2) is 9.50 Å². The number of para-hydroxylation sites is 1. The maximum atomic E-state index is 5.51. The van der Waals surface area contributed by atoms with Crippen molar-refractivity contribution in [2.24, 2.45) is 0 Å². The normalized spacial score (nSPS) is 16.5. The molecule has 0 radical (unpaired) electrons. The smallest absolute Gasteiger partial charge is 0.252 e.